The number of hydrogen-bond donors (Lipinski definition) is 1. The van der Waals surface area contributed by atoms with E-state index in [0.29, 0.717) is 23.3 Å². The molecule has 1 aliphatic heterocycles. The predicted molar refractivity (Wildman–Crippen MR) is 111 cm³/mol. The Hall–Kier alpha value is -2.70. The van der Waals surface area contributed by atoms with Gasteiger partial charge >= 0.3 is 12.0 Å². The number of nitrogens with one attached hydrogen (secondary N) is 1. The molecule has 0 radical (unpaired) electrons. The fourth-order valence-corrected chi connectivity index (χ4v) is 6.73. The third-order valence-electron chi connectivity index (χ3n) is 7.91. The van der Waals surface area contributed by atoms with E-state index in [1.54, 1.807) is 31.2 Å². The van der Waals surface area contributed by atoms with E-state index in [-0.39, 0.29) is 17.8 Å². The van der Waals surface area contributed by atoms with E-state index in [9.17, 15) is 19.2 Å². The number of Topliss-reactive ketones (excluding diaryl/α,β-unsaturated/α-hetero) is 1. The number of benzene rings is 1. The van der Waals surface area contributed by atoms with Crippen LogP contribution >= 0.6 is 0 Å². The van der Waals surface area contributed by atoms with Crippen LogP contribution in [0.5, 0.6) is 0 Å². The Labute approximate surface area is 181 Å². The van der Waals surface area contributed by atoms with Crippen molar-refractivity contribution in [2.75, 3.05) is 13.2 Å². The average molecular weight is 424 g/mol. The number of nitrogens with zero attached hydrogens (tertiary/aromatic N) is 1. The van der Waals surface area contributed by atoms with Crippen molar-refractivity contribution < 1.29 is 23.9 Å². The standard InChI is InChI=1S/C24H28N2O5/c1-23(18-5-3-2-4-6-18)21(29)26(22(30)25-23)13-20(28)31-14-19(27)24-10-15-7-16(11-24)9-17(8-15)12-24/h2-6,15-17H,7-14H2,1H3,(H,25,30)/t15?,16?,17?,23-,24?/m1/s1. The number of ketones is 1. The second-order valence-electron chi connectivity index (χ2n) is 10.1. The molecule has 1 heterocycles. The summed E-state index contributed by atoms with van der Waals surface area (Å²) in [5.41, 5.74) is -0.920. The molecule has 1 aromatic carbocycles. The van der Waals surface area contributed by atoms with Crippen molar-refractivity contribution in [3.63, 3.8) is 0 Å². The van der Waals surface area contributed by atoms with E-state index in [0.717, 1.165) is 24.2 Å². The highest BCUT2D eigenvalue weighted by atomic mass is 16.5. The molecule has 3 amide bonds. The van der Waals surface area contributed by atoms with Crippen molar-refractivity contribution in [2.24, 2.45) is 23.2 Å². The smallest absolute Gasteiger partial charge is 0.326 e. The van der Waals surface area contributed by atoms with Crippen LogP contribution in [0.4, 0.5) is 4.79 Å². The van der Waals surface area contributed by atoms with E-state index in [1.165, 1.54) is 19.3 Å². The van der Waals surface area contributed by atoms with Gasteiger partial charge in [0.15, 0.2) is 12.4 Å². The second-order valence-corrected chi connectivity index (χ2v) is 10.1. The number of amides is 3. The lowest BCUT2D eigenvalue weighted by Crippen LogP contribution is -2.51. The maximum Gasteiger partial charge on any atom is 0.326 e. The maximum atomic E-state index is 13.0. The molecule has 164 valence electrons. The Morgan fingerprint density at radius 2 is 1.61 bits per heavy atom. The first kappa shape index (κ1) is 20.2. The lowest BCUT2D eigenvalue weighted by atomic mass is 9.48. The first-order valence-electron chi connectivity index (χ1n) is 11.2. The summed E-state index contributed by atoms with van der Waals surface area (Å²) in [5.74, 6) is 0.658. The van der Waals surface area contributed by atoms with Gasteiger partial charge in [-0.15, -0.1) is 0 Å². The van der Waals surface area contributed by atoms with Gasteiger partial charge in [-0.3, -0.25) is 19.3 Å². The van der Waals surface area contributed by atoms with Crippen LogP contribution in [0.1, 0.15) is 51.0 Å². The third-order valence-corrected chi connectivity index (χ3v) is 7.91. The third kappa shape index (κ3) is 3.34. The lowest BCUT2D eigenvalue weighted by Gasteiger charge is -2.55. The molecule has 5 fully saturated rings. The van der Waals surface area contributed by atoms with Gasteiger partial charge in [-0.2, -0.15) is 0 Å². The van der Waals surface area contributed by atoms with Gasteiger partial charge in [0.1, 0.15) is 12.1 Å². The van der Waals surface area contributed by atoms with Crippen LogP contribution in [0.15, 0.2) is 30.3 Å². The summed E-state index contributed by atoms with van der Waals surface area (Å²) >= 11 is 0. The fourth-order valence-electron chi connectivity index (χ4n) is 6.73. The molecular weight excluding hydrogens is 396 g/mol. The van der Waals surface area contributed by atoms with Gasteiger partial charge in [-0.05, 0) is 68.8 Å². The van der Waals surface area contributed by atoms with E-state index in [1.807, 2.05) is 6.07 Å². The van der Waals surface area contributed by atoms with Crippen molar-refractivity contribution in [1.29, 1.82) is 0 Å². The van der Waals surface area contributed by atoms with E-state index >= 15 is 0 Å². The van der Waals surface area contributed by atoms with Crippen LogP contribution < -0.4 is 5.32 Å². The van der Waals surface area contributed by atoms with Crippen molar-refractivity contribution >= 4 is 23.7 Å². The molecule has 0 aromatic heterocycles. The summed E-state index contributed by atoms with van der Waals surface area (Å²) in [6.45, 7) is 0.844. The normalized spacial score (nSPS) is 35.9. The molecule has 7 nitrogen and oxygen atoms in total. The van der Waals surface area contributed by atoms with Crippen molar-refractivity contribution in [1.82, 2.24) is 10.2 Å². The zero-order chi connectivity index (χ0) is 21.8. The van der Waals surface area contributed by atoms with Gasteiger partial charge in [-0.1, -0.05) is 30.3 Å². The minimum Gasteiger partial charge on any atom is -0.456 e. The van der Waals surface area contributed by atoms with E-state index in [2.05, 4.69) is 5.32 Å². The average Bonchev–Trinajstić information content (AvgIpc) is 2.95. The molecule has 6 rings (SSSR count). The molecule has 1 aromatic rings. The highest BCUT2D eigenvalue weighted by Gasteiger charge is 2.54. The largest absolute Gasteiger partial charge is 0.456 e. The Kier molecular flexibility index (Phi) is 4.68. The molecular formula is C24H28N2O5. The Balaban J connectivity index is 1.20. The van der Waals surface area contributed by atoms with Crippen LogP contribution in [0.3, 0.4) is 0 Å². The molecule has 1 atom stereocenters. The van der Waals surface area contributed by atoms with Crippen LogP contribution in [0, 0.1) is 23.2 Å². The number of rotatable bonds is 6. The number of urea groups is 1. The number of carbonyl (C=O) groups excluding carboxylic acids is 4. The van der Waals surface area contributed by atoms with Gasteiger partial charge in [-0.25, -0.2) is 4.79 Å². The van der Waals surface area contributed by atoms with E-state index < -0.39 is 30.0 Å². The van der Waals surface area contributed by atoms with Crippen molar-refractivity contribution in [3.8, 4) is 0 Å². The highest BCUT2D eigenvalue weighted by molar-refractivity contribution is 6.08. The molecule has 5 aliphatic rings. The number of ether oxygens (including phenoxy) is 1. The highest BCUT2D eigenvalue weighted by Crippen LogP contribution is 2.60. The molecule has 4 bridgehead atoms. The molecule has 4 saturated carbocycles. The topological polar surface area (TPSA) is 92.8 Å². The Bertz CT molecular complexity index is 907. The summed E-state index contributed by atoms with van der Waals surface area (Å²) in [6.07, 6.45) is 6.45. The fraction of sp³-hybridized carbons (Fsp3) is 0.583. The van der Waals surface area contributed by atoms with Gasteiger partial charge in [0.05, 0.1) is 0 Å². The summed E-state index contributed by atoms with van der Waals surface area (Å²) in [4.78, 5) is 51.6. The second kappa shape index (κ2) is 7.18. The van der Waals surface area contributed by atoms with Gasteiger partial charge in [0.25, 0.3) is 5.91 Å². The molecule has 1 N–H and O–H groups in total. The van der Waals surface area contributed by atoms with Crippen LogP contribution in [0.25, 0.3) is 0 Å². The summed E-state index contributed by atoms with van der Waals surface area (Å²) in [5, 5.41) is 2.67. The van der Waals surface area contributed by atoms with Gasteiger partial charge < -0.3 is 10.1 Å². The molecule has 7 heteroatoms. The number of esters is 1. The summed E-state index contributed by atoms with van der Waals surface area (Å²) in [7, 11) is 0. The van der Waals surface area contributed by atoms with Crippen molar-refractivity contribution in [3.05, 3.63) is 35.9 Å². The summed E-state index contributed by atoms with van der Waals surface area (Å²) < 4.78 is 5.26. The lowest BCUT2D eigenvalue weighted by molar-refractivity contribution is -0.158. The zero-order valence-electron chi connectivity index (χ0n) is 17.8. The summed E-state index contributed by atoms with van der Waals surface area (Å²) in [6, 6.07) is 8.26. The Morgan fingerprint density at radius 1 is 1.03 bits per heavy atom. The van der Waals surface area contributed by atoms with Crippen LogP contribution in [0.2, 0.25) is 0 Å². The van der Waals surface area contributed by atoms with Crippen LogP contribution in [-0.2, 0) is 24.7 Å². The maximum absolute atomic E-state index is 13.0. The zero-order valence-corrected chi connectivity index (χ0v) is 17.8. The monoisotopic (exact) mass is 424 g/mol. The number of hydrogen-bond acceptors (Lipinski definition) is 5. The SMILES string of the molecule is C[C@]1(c2ccccc2)NC(=O)N(CC(=O)OCC(=O)C23CC4CC(CC(C4)C2)C3)C1=O. The number of carbonyl (C=O) groups is 4. The van der Waals surface area contributed by atoms with Crippen molar-refractivity contribution in [2.45, 2.75) is 51.0 Å². The van der Waals surface area contributed by atoms with Gasteiger partial charge in [0.2, 0.25) is 0 Å². The molecule has 0 spiro atoms. The van der Waals surface area contributed by atoms with Crippen LogP contribution in [-0.4, -0.2) is 41.7 Å². The molecule has 0 unspecified atom stereocenters. The number of imide groups is 1. The minimum atomic E-state index is -1.23. The predicted octanol–water partition coefficient (Wildman–Crippen LogP) is 2.78. The van der Waals surface area contributed by atoms with E-state index in [4.69, 9.17) is 4.74 Å². The molecule has 1 saturated heterocycles. The Morgan fingerprint density at radius 3 is 2.19 bits per heavy atom. The molecule has 4 aliphatic carbocycles. The molecule has 31 heavy (non-hydrogen) atoms. The quantitative estimate of drug-likeness (QED) is 0.560. The first-order chi connectivity index (χ1) is 14.8. The minimum absolute atomic E-state index is 0.00581. The first-order valence-corrected chi connectivity index (χ1v) is 11.2. The van der Waals surface area contributed by atoms with Gasteiger partial charge in [0, 0.05) is 5.41 Å².